The molecule has 0 aromatic rings. The predicted octanol–water partition coefficient (Wildman–Crippen LogP) is 0.108. The molecule has 86 valence electrons. The maximum Gasteiger partial charge on any atom is 0.326 e. The molecule has 5 heteroatoms. The normalized spacial score (nSPS) is 23.1. The van der Waals surface area contributed by atoms with Crippen molar-refractivity contribution in [2.45, 2.75) is 44.7 Å². The van der Waals surface area contributed by atoms with Crippen molar-refractivity contribution >= 4 is 11.9 Å². The quantitative estimate of drug-likeness (QED) is 0.620. The van der Waals surface area contributed by atoms with Gasteiger partial charge in [0.2, 0.25) is 5.91 Å². The van der Waals surface area contributed by atoms with Gasteiger partial charge in [0, 0.05) is 13.0 Å². The van der Waals surface area contributed by atoms with Gasteiger partial charge in [-0.2, -0.15) is 0 Å². The second-order valence-corrected chi connectivity index (χ2v) is 3.97. The van der Waals surface area contributed by atoms with Crippen molar-refractivity contribution in [2.75, 3.05) is 6.54 Å². The third-order valence-corrected chi connectivity index (χ3v) is 2.61. The van der Waals surface area contributed by atoms with Crippen LogP contribution < -0.4 is 10.6 Å². The minimum absolute atomic E-state index is 0.215. The van der Waals surface area contributed by atoms with E-state index in [-0.39, 0.29) is 11.9 Å². The first-order chi connectivity index (χ1) is 7.09. The van der Waals surface area contributed by atoms with E-state index in [2.05, 4.69) is 10.6 Å². The van der Waals surface area contributed by atoms with Crippen LogP contribution in [-0.2, 0) is 9.59 Å². The number of amides is 1. The van der Waals surface area contributed by atoms with Gasteiger partial charge in [0.05, 0.1) is 0 Å². The lowest BCUT2D eigenvalue weighted by atomic mass is 9.98. The lowest BCUT2D eigenvalue weighted by Gasteiger charge is -2.26. The number of rotatable bonds is 4. The van der Waals surface area contributed by atoms with Crippen molar-refractivity contribution in [3.8, 4) is 0 Å². The molecule has 1 saturated heterocycles. The van der Waals surface area contributed by atoms with Crippen LogP contribution in [0.5, 0.6) is 0 Å². The van der Waals surface area contributed by atoms with Crippen LogP contribution in [0.4, 0.5) is 0 Å². The zero-order valence-corrected chi connectivity index (χ0v) is 8.95. The number of nitrogens with one attached hydrogen (secondary N) is 2. The molecule has 0 radical (unpaired) electrons. The maximum atomic E-state index is 10.9. The number of hydrogen-bond acceptors (Lipinski definition) is 3. The van der Waals surface area contributed by atoms with Gasteiger partial charge >= 0.3 is 5.97 Å². The minimum Gasteiger partial charge on any atom is -0.480 e. The Hall–Kier alpha value is -1.10. The van der Waals surface area contributed by atoms with Gasteiger partial charge < -0.3 is 15.7 Å². The molecule has 1 aliphatic heterocycles. The molecule has 0 aromatic heterocycles. The summed E-state index contributed by atoms with van der Waals surface area (Å²) in [4.78, 5) is 21.7. The van der Waals surface area contributed by atoms with Crippen LogP contribution in [0.1, 0.15) is 32.6 Å². The first-order valence-corrected chi connectivity index (χ1v) is 5.33. The Morgan fingerprint density at radius 2 is 2.27 bits per heavy atom. The van der Waals surface area contributed by atoms with Crippen molar-refractivity contribution in [1.82, 2.24) is 10.6 Å². The molecule has 0 aliphatic carbocycles. The standard InChI is InChI=1S/C10H18N2O3/c1-7(13)12-9(10(14)15)6-8-4-2-3-5-11-8/h8-9,11H,2-6H2,1H3,(H,12,13)(H,14,15)/t8?,9-/m1/s1. The van der Waals surface area contributed by atoms with Crippen molar-refractivity contribution in [1.29, 1.82) is 0 Å². The van der Waals surface area contributed by atoms with Crippen LogP contribution in [0.3, 0.4) is 0 Å². The van der Waals surface area contributed by atoms with Crippen LogP contribution in [0.25, 0.3) is 0 Å². The first-order valence-electron chi connectivity index (χ1n) is 5.33. The molecule has 2 atom stereocenters. The molecule has 15 heavy (non-hydrogen) atoms. The number of aliphatic carboxylic acids is 1. The largest absolute Gasteiger partial charge is 0.480 e. The second kappa shape index (κ2) is 5.70. The lowest BCUT2D eigenvalue weighted by molar-refractivity contribution is -0.142. The van der Waals surface area contributed by atoms with Gasteiger partial charge in [-0.15, -0.1) is 0 Å². The lowest BCUT2D eigenvalue weighted by Crippen LogP contribution is -2.46. The van der Waals surface area contributed by atoms with Gasteiger partial charge in [-0.05, 0) is 25.8 Å². The first kappa shape index (κ1) is 12.0. The Kier molecular flexibility index (Phi) is 4.55. The molecule has 1 unspecified atom stereocenters. The van der Waals surface area contributed by atoms with E-state index in [4.69, 9.17) is 5.11 Å². The molecule has 1 rings (SSSR count). The average Bonchev–Trinajstić information content (AvgIpc) is 2.17. The average molecular weight is 214 g/mol. The molecule has 1 amide bonds. The van der Waals surface area contributed by atoms with Crippen LogP contribution >= 0.6 is 0 Å². The van der Waals surface area contributed by atoms with Crippen molar-refractivity contribution in [2.24, 2.45) is 0 Å². The van der Waals surface area contributed by atoms with E-state index in [1.165, 1.54) is 6.92 Å². The van der Waals surface area contributed by atoms with Gasteiger partial charge in [-0.3, -0.25) is 4.79 Å². The topological polar surface area (TPSA) is 78.4 Å². The summed E-state index contributed by atoms with van der Waals surface area (Å²) in [6.07, 6.45) is 3.73. The highest BCUT2D eigenvalue weighted by Gasteiger charge is 2.24. The molecule has 1 heterocycles. The van der Waals surface area contributed by atoms with Gasteiger partial charge in [0.15, 0.2) is 0 Å². The number of piperidine rings is 1. The highest BCUT2D eigenvalue weighted by Crippen LogP contribution is 2.12. The zero-order valence-electron chi connectivity index (χ0n) is 8.95. The summed E-state index contributed by atoms with van der Waals surface area (Å²) in [5.41, 5.74) is 0. The van der Waals surface area contributed by atoms with E-state index < -0.39 is 12.0 Å². The van der Waals surface area contributed by atoms with Crippen molar-refractivity contribution in [3.63, 3.8) is 0 Å². The third kappa shape index (κ3) is 4.29. The zero-order chi connectivity index (χ0) is 11.3. The summed E-state index contributed by atoms with van der Waals surface area (Å²) >= 11 is 0. The summed E-state index contributed by atoms with van der Waals surface area (Å²) in [5, 5.41) is 14.6. The summed E-state index contributed by atoms with van der Waals surface area (Å²) in [7, 11) is 0. The van der Waals surface area contributed by atoms with Gasteiger partial charge in [-0.1, -0.05) is 6.42 Å². The SMILES string of the molecule is CC(=O)N[C@H](CC1CCCCN1)C(=O)O. The minimum atomic E-state index is -0.961. The number of carboxylic acid groups (broad SMARTS) is 1. The smallest absolute Gasteiger partial charge is 0.326 e. The number of hydrogen-bond donors (Lipinski definition) is 3. The summed E-state index contributed by atoms with van der Waals surface area (Å²) in [6, 6.07) is -0.551. The van der Waals surface area contributed by atoms with E-state index in [1.807, 2.05) is 0 Å². The molecule has 1 fully saturated rings. The van der Waals surface area contributed by atoms with Crippen molar-refractivity contribution in [3.05, 3.63) is 0 Å². The molecule has 1 aliphatic rings. The van der Waals surface area contributed by atoms with Gasteiger partial charge in [0.1, 0.15) is 6.04 Å². The number of carboxylic acids is 1. The van der Waals surface area contributed by atoms with Crippen LogP contribution in [0.15, 0.2) is 0 Å². The summed E-state index contributed by atoms with van der Waals surface area (Å²) in [6.45, 7) is 2.28. The molecular formula is C10H18N2O3. The molecule has 0 bridgehead atoms. The molecule has 3 N–H and O–H groups in total. The molecule has 0 saturated carbocycles. The van der Waals surface area contributed by atoms with Crippen LogP contribution in [0.2, 0.25) is 0 Å². The Bertz CT molecular complexity index is 237. The second-order valence-electron chi connectivity index (χ2n) is 3.97. The Morgan fingerprint density at radius 1 is 1.53 bits per heavy atom. The molecule has 0 aromatic carbocycles. The van der Waals surface area contributed by atoms with Gasteiger partial charge in [0.25, 0.3) is 0 Å². The van der Waals surface area contributed by atoms with Crippen LogP contribution in [-0.4, -0.2) is 35.6 Å². The Morgan fingerprint density at radius 3 is 2.73 bits per heavy atom. The Balaban J connectivity index is 2.42. The fourth-order valence-corrected chi connectivity index (χ4v) is 1.88. The predicted molar refractivity (Wildman–Crippen MR) is 55.5 cm³/mol. The van der Waals surface area contributed by atoms with E-state index in [0.717, 1.165) is 25.8 Å². The Labute approximate surface area is 89.2 Å². The summed E-state index contributed by atoms with van der Waals surface area (Å²) in [5.74, 6) is -1.25. The highest BCUT2D eigenvalue weighted by atomic mass is 16.4. The molecular weight excluding hydrogens is 196 g/mol. The molecule has 5 nitrogen and oxygen atoms in total. The summed E-state index contributed by atoms with van der Waals surface area (Å²) < 4.78 is 0. The number of carbonyl (C=O) groups is 2. The van der Waals surface area contributed by atoms with E-state index in [9.17, 15) is 9.59 Å². The third-order valence-electron chi connectivity index (χ3n) is 2.61. The van der Waals surface area contributed by atoms with E-state index in [0.29, 0.717) is 6.42 Å². The van der Waals surface area contributed by atoms with E-state index in [1.54, 1.807) is 0 Å². The van der Waals surface area contributed by atoms with Crippen molar-refractivity contribution < 1.29 is 14.7 Å². The number of carbonyl (C=O) groups excluding carboxylic acids is 1. The highest BCUT2D eigenvalue weighted by molar-refractivity contribution is 5.82. The van der Waals surface area contributed by atoms with Crippen LogP contribution in [0, 0.1) is 0 Å². The molecule has 0 spiro atoms. The fourth-order valence-electron chi connectivity index (χ4n) is 1.88. The fraction of sp³-hybridized carbons (Fsp3) is 0.800. The monoisotopic (exact) mass is 214 g/mol. The van der Waals surface area contributed by atoms with Gasteiger partial charge in [-0.25, -0.2) is 4.79 Å². The van der Waals surface area contributed by atoms with E-state index >= 15 is 0 Å². The maximum absolute atomic E-state index is 10.9.